The fourth-order valence-corrected chi connectivity index (χ4v) is 2.25. The highest BCUT2D eigenvalue weighted by atomic mass is 16.6. The topological polar surface area (TPSA) is 64.6 Å². The van der Waals surface area contributed by atoms with Crippen molar-refractivity contribution in [2.45, 2.75) is 90.9 Å². The van der Waals surface area contributed by atoms with Crippen LogP contribution in [0.15, 0.2) is 0 Å². The summed E-state index contributed by atoms with van der Waals surface area (Å²) in [6.45, 7) is 5.06. The molecule has 0 aliphatic rings. The number of carbonyl (C=O) groups is 2. The molecule has 0 aromatic rings. The number of unbranched alkanes of at least 4 members (excludes halogenated alkanes) is 10. The number of hydrogen-bond acceptors (Lipinski definition) is 4. The van der Waals surface area contributed by atoms with Crippen LogP contribution in [0.1, 0.15) is 90.9 Å². The van der Waals surface area contributed by atoms with E-state index in [0.29, 0.717) is 13.2 Å². The molecule has 5 nitrogen and oxygen atoms in total. The van der Waals surface area contributed by atoms with E-state index >= 15 is 0 Å². The van der Waals surface area contributed by atoms with Gasteiger partial charge in [-0.25, -0.2) is 14.9 Å². The number of hydrogen-bond donors (Lipinski definition) is 1. The molecule has 0 heterocycles. The first-order valence-corrected chi connectivity index (χ1v) is 9.31. The Bertz CT molecular complexity index is 267. The van der Waals surface area contributed by atoms with Gasteiger partial charge in [0, 0.05) is 0 Å². The molecule has 0 aromatic carbocycles. The van der Waals surface area contributed by atoms with Gasteiger partial charge in [-0.1, -0.05) is 78.1 Å². The lowest BCUT2D eigenvalue weighted by Gasteiger charge is -2.07. The molecule has 23 heavy (non-hydrogen) atoms. The Morgan fingerprint density at radius 3 is 1.35 bits per heavy atom. The maximum Gasteiger partial charge on any atom is 0.416 e. The van der Waals surface area contributed by atoms with Gasteiger partial charge in [0.15, 0.2) is 0 Å². The Hall–Kier alpha value is -1.26. The highest BCUT2D eigenvalue weighted by molar-refractivity contribution is 5.87. The standard InChI is InChI=1S/C18H35NO4/c1-3-5-7-9-11-13-15-22-17(20)19-18(21)23-16-14-12-10-8-6-4-2/h3-16H2,1-2H3,(H,19,20,21). The quantitative estimate of drug-likeness (QED) is 0.423. The molecule has 0 bridgehead atoms. The molecule has 0 saturated heterocycles. The summed E-state index contributed by atoms with van der Waals surface area (Å²) in [4.78, 5) is 22.7. The first-order valence-electron chi connectivity index (χ1n) is 9.31. The number of ether oxygens (including phenoxy) is 2. The number of rotatable bonds is 14. The first kappa shape index (κ1) is 21.7. The Labute approximate surface area is 141 Å². The maximum absolute atomic E-state index is 11.4. The van der Waals surface area contributed by atoms with E-state index < -0.39 is 12.2 Å². The van der Waals surface area contributed by atoms with Crippen molar-refractivity contribution in [3.05, 3.63) is 0 Å². The Kier molecular flexibility index (Phi) is 16.2. The Balaban J connectivity index is 3.36. The lowest BCUT2D eigenvalue weighted by Crippen LogP contribution is -2.32. The number of alkyl carbamates (subject to hydrolysis) is 2. The van der Waals surface area contributed by atoms with Gasteiger partial charge in [0.05, 0.1) is 13.2 Å². The van der Waals surface area contributed by atoms with Crippen molar-refractivity contribution in [2.75, 3.05) is 13.2 Å². The SMILES string of the molecule is CCCCCCCCOC(=O)NC(=O)OCCCCCCCC. The highest BCUT2D eigenvalue weighted by Crippen LogP contribution is 2.05. The summed E-state index contributed by atoms with van der Waals surface area (Å²) in [7, 11) is 0. The average Bonchev–Trinajstić information content (AvgIpc) is 2.53. The third kappa shape index (κ3) is 16.9. The zero-order valence-electron chi connectivity index (χ0n) is 15.0. The van der Waals surface area contributed by atoms with Gasteiger partial charge in [0.1, 0.15) is 0 Å². The summed E-state index contributed by atoms with van der Waals surface area (Å²) in [5, 5.41) is 2.08. The predicted octanol–water partition coefficient (Wildman–Crippen LogP) is 5.57. The molecular weight excluding hydrogens is 294 g/mol. The summed E-state index contributed by atoms with van der Waals surface area (Å²) in [5.41, 5.74) is 0. The van der Waals surface area contributed by atoms with E-state index in [2.05, 4.69) is 19.2 Å². The molecule has 2 amide bonds. The van der Waals surface area contributed by atoms with E-state index in [1.807, 2.05) is 0 Å². The molecule has 1 N–H and O–H groups in total. The minimum absolute atomic E-state index is 0.350. The van der Waals surface area contributed by atoms with Crippen molar-refractivity contribution in [3.63, 3.8) is 0 Å². The van der Waals surface area contributed by atoms with Gasteiger partial charge < -0.3 is 9.47 Å². The van der Waals surface area contributed by atoms with Crippen LogP contribution < -0.4 is 5.32 Å². The molecule has 0 unspecified atom stereocenters. The number of amides is 2. The average molecular weight is 329 g/mol. The second kappa shape index (κ2) is 17.1. The summed E-state index contributed by atoms with van der Waals surface area (Å²) in [6, 6.07) is 0. The number of imide groups is 1. The third-order valence-corrected chi connectivity index (χ3v) is 3.67. The van der Waals surface area contributed by atoms with Crippen molar-refractivity contribution in [1.29, 1.82) is 0 Å². The van der Waals surface area contributed by atoms with E-state index in [1.54, 1.807) is 0 Å². The molecule has 0 radical (unpaired) electrons. The lowest BCUT2D eigenvalue weighted by atomic mass is 10.1. The molecule has 0 aromatic heterocycles. The number of nitrogens with one attached hydrogen (secondary N) is 1. The molecule has 0 saturated carbocycles. The van der Waals surface area contributed by atoms with E-state index in [-0.39, 0.29) is 0 Å². The normalized spacial score (nSPS) is 10.3. The van der Waals surface area contributed by atoms with Crippen LogP contribution in [0.2, 0.25) is 0 Å². The van der Waals surface area contributed by atoms with Gasteiger partial charge in [0.25, 0.3) is 0 Å². The van der Waals surface area contributed by atoms with Crippen LogP contribution in [0.5, 0.6) is 0 Å². The van der Waals surface area contributed by atoms with Gasteiger partial charge in [-0.2, -0.15) is 0 Å². The summed E-state index contributed by atoms with van der Waals surface area (Å²) >= 11 is 0. The third-order valence-electron chi connectivity index (χ3n) is 3.67. The molecule has 0 spiro atoms. The van der Waals surface area contributed by atoms with Gasteiger partial charge in [0.2, 0.25) is 0 Å². The van der Waals surface area contributed by atoms with Crippen LogP contribution in [0.4, 0.5) is 9.59 Å². The second-order valence-corrected chi connectivity index (χ2v) is 5.93. The minimum atomic E-state index is -0.716. The van der Waals surface area contributed by atoms with Crippen LogP contribution in [0.25, 0.3) is 0 Å². The molecule has 0 rings (SSSR count). The van der Waals surface area contributed by atoms with Crippen LogP contribution in [-0.2, 0) is 9.47 Å². The van der Waals surface area contributed by atoms with Crippen molar-refractivity contribution in [2.24, 2.45) is 0 Å². The minimum Gasteiger partial charge on any atom is -0.449 e. The van der Waals surface area contributed by atoms with Crippen molar-refractivity contribution >= 4 is 12.2 Å². The monoisotopic (exact) mass is 329 g/mol. The fourth-order valence-electron chi connectivity index (χ4n) is 2.25. The van der Waals surface area contributed by atoms with E-state index in [9.17, 15) is 9.59 Å². The van der Waals surface area contributed by atoms with Gasteiger partial charge in [-0.3, -0.25) is 0 Å². The molecule has 0 aliphatic carbocycles. The van der Waals surface area contributed by atoms with Crippen LogP contribution in [-0.4, -0.2) is 25.4 Å². The Morgan fingerprint density at radius 1 is 0.609 bits per heavy atom. The smallest absolute Gasteiger partial charge is 0.416 e. The summed E-state index contributed by atoms with van der Waals surface area (Å²) < 4.78 is 9.88. The van der Waals surface area contributed by atoms with Crippen molar-refractivity contribution in [3.8, 4) is 0 Å². The zero-order valence-corrected chi connectivity index (χ0v) is 15.0. The van der Waals surface area contributed by atoms with Crippen LogP contribution >= 0.6 is 0 Å². The van der Waals surface area contributed by atoms with Crippen LogP contribution in [0, 0.1) is 0 Å². The second-order valence-electron chi connectivity index (χ2n) is 5.93. The summed E-state index contributed by atoms with van der Waals surface area (Å²) in [5.74, 6) is 0. The molecular formula is C18H35NO4. The maximum atomic E-state index is 11.4. The van der Waals surface area contributed by atoms with Gasteiger partial charge in [-0.15, -0.1) is 0 Å². The molecule has 0 fully saturated rings. The fraction of sp³-hybridized carbons (Fsp3) is 0.889. The molecule has 136 valence electrons. The first-order chi connectivity index (χ1) is 11.2. The lowest BCUT2D eigenvalue weighted by molar-refractivity contribution is 0.122. The zero-order chi connectivity index (χ0) is 17.2. The Morgan fingerprint density at radius 2 is 0.957 bits per heavy atom. The van der Waals surface area contributed by atoms with Crippen molar-refractivity contribution < 1.29 is 19.1 Å². The summed E-state index contributed by atoms with van der Waals surface area (Å²) in [6.07, 6.45) is 12.1. The molecule has 5 heteroatoms. The van der Waals surface area contributed by atoms with E-state index in [4.69, 9.17) is 9.47 Å². The molecule has 0 aliphatic heterocycles. The van der Waals surface area contributed by atoms with Crippen LogP contribution in [0.3, 0.4) is 0 Å². The largest absolute Gasteiger partial charge is 0.449 e. The van der Waals surface area contributed by atoms with Gasteiger partial charge in [-0.05, 0) is 12.8 Å². The molecule has 0 atom stereocenters. The number of carbonyl (C=O) groups excluding carboxylic acids is 2. The van der Waals surface area contributed by atoms with Gasteiger partial charge >= 0.3 is 12.2 Å². The highest BCUT2D eigenvalue weighted by Gasteiger charge is 2.09. The predicted molar refractivity (Wildman–Crippen MR) is 92.6 cm³/mol. The van der Waals surface area contributed by atoms with Crippen molar-refractivity contribution in [1.82, 2.24) is 5.32 Å². The van der Waals surface area contributed by atoms with E-state index in [0.717, 1.165) is 25.7 Å². The van der Waals surface area contributed by atoms with E-state index in [1.165, 1.54) is 51.4 Å².